The number of hydrogen-bond acceptors (Lipinski definition) is 6. The number of hydrogen-bond donors (Lipinski definition) is 3. The first kappa shape index (κ1) is 24.7. The van der Waals surface area contributed by atoms with Gasteiger partial charge < -0.3 is 15.6 Å². The first-order chi connectivity index (χ1) is 18.9. The average molecular weight is 544 g/mol. The Kier molecular flexibility index (Phi) is 5.93. The number of alkyl halides is 1. The fourth-order valence-electron chi connectivity index (χ4n) is 5.95. The zero-order valence-electron chi connectivity index (χ0n) is 22.0. The molecule has 5 heterocycles. The van der Waals surface area contributed by atoms with E-state index in [0.29, 0.717) is 17.4 Å². The number of nitrogens with one attached hydrogen (secondary N) is 3. The lowest BCUT2D eigenvalue weighted by Crippen LogP contribution is -2.49. The van der Waals surface area contributed by atoms with Crippen molar-refractivity contribution in [1.29, 1.82) is 0 Å². The minimum Gasteiger partial charge on any atom is -0.366 e. The van der Waals surface area contributed by atoms with Crippen LogP contribution in [-0.4, -0.2) is 49.4 Å². The monoisotopic (exact) mass is 543 g/mol. The minimum absolute atomic E-state index is 0.0667. The van der Waals surface area contributed by atoms with Crippen LogP contribution in [0.15, 0.2) is 54.8 Å². The molecule has 200 valence electrons. The molecule has 0 spiro atoms. The highest BCUT2D eigenvalue weighted by atomic mass is 35.5. The number of anilines is 1. The largest absolute Gasteiger partial charge is 0.366 e. The molecule has 3 aliphatic rings. The molecule has 1 aliphatic heterocycles. The number of fused-ring (bicyclic) bond motifs is 2. The summed E-state index contributed by atoms with van der Waals surface area (Å²) in [5, 5.41) is 8.97. The van der Waals surface area contributed by atoms with Gasteiger partial charge in [0.1, 0.15) is 17.3 Å². The topological polar surface area (TPSA) is 91.4 Å². The fourth-order valence-corrected chi connectivity index (χ4v) is 6.23. The minimum atomic E-state index is -0.353. The number of halogens is 2. The molecule has 7 nitrogen and oxygen atoms in total. The molecule has 3 atom stereocenters. The van der Waals surface area contributed by atoms with Gasteiger partial charge in [0.15, 0.2) is 5.82 Å². The number of rotatable bonds is 5. The van der Waals surface area contributed by atoms with E-state index >= 15 is 0 Å². The van der Waals surface area contributed by atoms with E-state index in [1.165, 1.54) is 24.5 Å². The standard InChI is InChI=1S/C30H31ClFN7/c1-30(2)15-33-9-8-25(30)38-29-26-21(16-3-4-16)13-34-14-24(26)37-28(39-29)18-7-10-35-27-19(18)12-23(36-27)20-11-17(32)5-6-22(20)31/h5-7,10-14,16,20,22,25,33H,3-4,8-9,15H2,1-2H3,(H,35,36)(H,37,38,39). The highest BCUT2D eigenvalue weighted by molar-refractivity contribution is 6.22. The van der Waals surface area contributed by atoms with E-state index in [0.717, 1.165) is 52.9 Å². The summed E-state index contributed by atoms with van der Waals surface area (Å²) in [4.78, 5) is 22.7. The van der Waals surface area contributed by atoms with Crippen molar-refractivity contribution in [3.8, 4) is 11.4 Å². The van der Waals surface area contributed by atoms with Crippen molar-refractivity contribution >= 4 is 39.4 Å². The first-order valence-corrected chi connectivity index (χ1v) is 14.1. The Morgan fingerprint density at radius 3 is 2.85 bits per heavy atom. The Labute approximate surface area is 231 Å². The lowest BCUT2D eigenvalue weighted by atomic mass is 9.80. The van der Waals surface area contributed by atoms with Crippen molar-refractivity contribution in [2.24, 2.45) is 5.41 Å². The summed E-state index contributed by atoms with van der Waals surface area (Å²) in [6, 6.07) is 4.20. The van der Waals surface area contributed by atoms with Crippen molar-refractivity contribution in [1.82, 2.24) is 30.2 Å². The van der Waals surface area contributed by atoms with Crippen molar-refractivity contribution in [2.75, 3.05) is 18.4 Å². The quantitative estimate of drug-likeness (QED) is 0.254. The molecule has 1 saturated carbocycles. The summed E-state index contributed by atoms with van der Waals surface area (Å²) >= 11 is 6.53. The van der Waals surface area contributed by atoms with Gasteiger partial charge in [-0.3, -0.25) is 4.98 Å². The van der Waals surface area contributed by atoms with Crippen LogP contribution in [0.5, 0.6) is 0 Å². The van der Waals surface area contributed by atoms with Crippen LogP contribution in [0, 0.1) is 5.41 Å². The smallest absolute Gasteiger partial charge is 0.163 e. The Morgan fingerprint density at radius 2 is 2.03 bits per heavy atom. The summed E-state index contributed by atoms with van der Waals surface area (Å²) in [5.41, 5.74) is 4.48. The maximum atomic E-state index is 14.1. The number of allylic oxidation sites excluding steroid dienone is 4. The molecule has 7 rings (SSSR count). The number of pyridine rings is 2. The van der Waals surface area contributed by atoms with E-state index in [-0.39, 0.29) is 28.6 Å². The Hall–Kier alpha value is -3.36. The Morgan fingerprint density at radius 1 is 1.15 bits per heavy atom. The maximum absolute atomic E-state index is 14.1. The molecule has 3 unspecified atom stereocenters. The van der Waals surface area contributed by atoms with Gasteiger partial charge in [0.2, 0.25) is 0 Å². The molecule has 2 fully saturated rings. The highest BCUT2D eigenvalue weighted by Gasteiger charge is 2.34. The van der Waals surface area contributed by atoms with Crippen molar-refractivity contribution in [3.63, 3.8) is 0 Å². The summed E-state index contributed by atoms with van der Waals surface area (Å²) < 4.78 is 14.1. The van der Waals surface area contributed by atoms with Gasteiger partial charge in [-0.1, -0.05) is 19.9 Å². The number of H-pyrrole nitrogens is 1. The van der Waals surface area contributed by atoms with Crippen LogP contribution >= 0.6 is 11.6 Å². The van der Waals surface area contributed by atoms with Crippen molar-refractivity contribution < 1.29 is 4.39 Å². The van der Waals surface area contributed by atoms with Gasteiger partial charge in [0, 0.05) is 52.9 Å². The van der Waals surface area contributed by atoms with E-state index in [4.69, 9.17) is 21.6 Å². The third-order valence-corrected chi connectivity index (χ3v) is 8.79. The maximum Gasteiger partial charge on any atom is 0.163 e. The molecule has 0 aromatic carbocycles. The molecule has 39 heavy (non-hydrogen) atoms. The zero-order chi connectivity index (χ0) is 26.7. The molecule has 0 amide bonds. The second kappa shape index (κ2) is 9.38. The molecular weight excluding hydrogens is 513 g/mol. The van der Waals surface area contributed by atoms with Crippen LogP contribution in [0.3, 0.4) is 0 Å². The third kappa shape index (κ3) is 4.49. The molecule has 4 aromatic rings. The Balaban J connectivity index is 1.37. The Bertz CT molecular complexity index is 1640. The molecule has 1 saturated heterocycles. The van der Waals surface area contributed by atoms with Gasteiger partial charge in [-0.25, -0.2) is 19.3 Å². The van der Waals surface area contributed by atoms with Gasteiger partial charge in [-0.05, 0) is 67.0 Å². The van der Waals surface area contributed by atoms with Crippen LogP contribution < -0.4 is 10.6 Å². The van der Waals surface area contributed by atoms with Crippen molar-refractivity contribution in [2.45, 2.75) is 56.4 Å². The summed E-state index contributed by atoms with van der Waals surface area (Å²) in [7, 11) is 0. The summed E-state index contributed by atoms with van der Waals surface area (Å²) in [5.74, 6) is 1.37. The fraction of sp³-hybridized carbons (Fsp3) is 0.400. The third-order valence-electron chi connectivity index (χ3n) is 8.37. The van der Waals surface area contributed by atoms with Crippen molar-refractivity contribution in [3.05, 3.63) is 66.0 Å². The van der Waals surface area contributed by atoms with Gasteiger partial charge in [0.05, 0.1) is 17.1 Å². The molecule has 0 radical (unpaired) electrons. The normalized spacial score (nSPS) is 24.7. The molecule has 4 aromatic heterocycles. The van der Waals surface area contributed by atoms with E-state index in [1.54, 1.807) is 18.3 Å². The number of aromatic amines is 1. The summed E-state index contributed by atoms with van der Waals surface area (Å²) in [6.07, 6.45) is 13.6. The van der Waals surface area contributed by atoms with E-state index in [9.17, 15) is 4.39 Å². The lowest BCUT2D eigenvalue weighted by molar-refractivity contribution is 0.236. The predicted molar refractivity (Wildman–Crippen MR) is 154 cm³/mol. The predicted octanol–water partition coefficient (Wildman–Crippen LogP) is 6.36. The van der Waals surface area contributed by atoms with Crippen LogP contribution in [0.2, 0.25) is 0 Å². The van der Waals surface area contributed by atoms with Crippen LogP contribution in [0.25, 0.3) is 33.3 Å². The van der Waals surface area contributed by atoms with Gasteiger partial charge >= 0.3 is 0 Å². The zero-order valence-corrected chi connectivity index (χ0v) is 22.8. The molecular formula is C30H31ClFN7. The van der Waals surface area contributed by atoms with Gasteiger partial charge in [-0.2, -0.15) is 0 Å². The molecule has 0 bridgehead atoms. The van der Waals surface area contributed by atoms with Crippen LogP contribution in [0.1, 0.15) is 56.2 Å². The number of nitrogens with zero attached hydrogens (tertiary/aromatic N) is 4. The van der Waals surface area contributed by atoms with E-state index in [1.807, 2.05) is 24.5 Å². The molecule has 9 heteroatoms. The van der Waals surface area contributed by atoms with E-state index < -0.39 is 0 Å². The first-order valence-electron chi connectivity index (χ1n) is 13.7. The lowest BCUT2D eigenvalue weighted by Gasteiger charge is -2.40. The van der Waals surface area contributed by atoms with Crippen LogP contribution in [0.4, 0.5) is 10.2 Å². The highest BCUT2D eigenvalue weighted by Crippen LogP contribution is 2.45. The van der Waals surface area contributed by atoms with Gasteiger partial charge in [0.25, 0.3) is 0 Å². The second-order valence-corrected chi connectivity index (χ2v) is 12.2. The number of aromatic nitrogens is 5. The van der Waals surface area contributed by atoms with E-state index in [2.05, 4.69) is 39.4 Å². The number of piperidine rings is 1. The van der Waals surface area contributed by atoms with Crippen LogP contribution in [-0.2, 0) is 0 Å². The molecule has 3 N–H and O–H groups in total. The summed E-state index contributed by atoms with van der Waals surface area (Å²) in [6.45, 7) is 6.50. The molecule has 2 aliphatic carbocycles. The average Bonchev–Trinajstić information content (AvgIpc) is 3.68. The second-order valence-electron chi connectivity index (χ2n) is 11.7. The SMILES string of the molecule is CC1(C)CNCCC1Nc1nc(-c2ccnc3[nH]c(C4C=C(F)C=CC4Cl)cc23)nc2cncc(C3CC3)c12. The van der Waals surface area contributed by atoms with Gasteiger partial charge in [-0.15, -0.1) is 11.6 Å².